The fraction of sp³-hybridized carbons (Fsp3) is 0.412. The summed E-state index contributed by atoms with van der Waals surface area (Å²) in [5.74, 6) is -1.11. The highest BCUT2D eigenvalue weighted by Gasteiger charge is 2.42. The van der Waals surface area contributed by atoms with Gasteiger partial charge in [0.15, 0.2) is 11.5 Å². The molecule has 1 aliphatic rings. The quantitative estimate of drug-likeness (QED) is 0.866. The monoisotopic (exact) mass is 304 g/mol. The summed E-state index contributed by atoms with van der Waals surface area (Å²) < 4.78 is 9.98. The summed E-state index contributed by atoms with van der Waals surface area (Å²) in [7, 11) is 2.77. The molecule has 0 aromatic heterocycles. The number of esters is 1. The maximum absolute atomic E-state index is 12.1. The molecule has 0 unspecified atom stereocenters. The number of ketones is 1. The van der Waals surface area contributed by atoms with E-state index in [-0.39, 0.29) is 17.5 Å². The summed E-state index contributed by atoms with van der Waals surface area (Å²) in [4.78, 5) is 24.1. The third-order valence-electron chi connectivity index (χ3n) is 4.21. The normalized spacial score (nSPS) is 20.9. The van der Waals surface area contributed by atoms with Crippen LogP contribution in [-0.2, 0) is 14.3 Å². The first-order valence-electron chi connectivity index (χ1n) is 7.06. The van der Waals surface area contributed by atoms with Gasteiger partial charge in [0.1, 0.15) is 5.78 Å². The lowest BCUT2D eigenvalue weighted by Gasteiger charge is -2.22. The van der Waals surface area contributed by atoms with Gasteiger partial charge in [-0.15, -0.1) is 0 Å². The van der Waals surface area contributed by atoms with Gasteiger partial charge in [-0.3, -0.25) is 4.79 Å². The smallest absolute Gasteiger partial charge is 0.334 e. The summed E-state index contributed by atoms with van der Waals surface area (Å²) in [6.45, 7) is 3.32. The maximum atomic E-state index is 12.1. The zero-order chi connectivity index (χ0) is 16.4. The Balaban J connectivity index is 2.61. The van der Waals surface area contributed by atoms with Crippen molar-refractivity contribution in [1.29, 1.82) is 0 Å². The van der Waals surface area contributed by atoms with Crippen molar-refractivity contribution in [1.82, 2.24) is 0 Å². The van der Waals surface area contributed by atoms with E-state index in [1.54, 1.807) is 18.2 Å². The van der Waals surface area contributed by atoms with E-state index in [1.165, 1.54) is 21.1 Å². The van der Waals surface area contributed by atoms with Gasteiger partial charge in [-0.05, 0) is 26.3 Å². The molecule has 22 heavy (non-hydrogen) atoms. The van der Waals surface area contributed by atoms with Crippen molar-refractivity contribution in [3.05, 3.63) is 34.9 Å². The van der Waals surface area contributed by atoms with Crippen molar-refractivity contribution in [2.75, 3.05) is 14.2 Å². The van der Waals surface area contributed by atoms with Crippen molar-refractivity contribution in [2.24, 2.45) is 5.92 Å². The Morgan fingerprint density at radius 2 is 1.95 bits per heavy atom. The third-order valence-corrected chi connectivity index (χ3v) is 4.21. The molecule has 0 fully saturated rings. The minimum atomic E-state index is -0.514. The fourth-order valence-electron chi connectivity index (χ4n) is 3.14. The van der Waals surface area contributed by atoms with Crippen LogP contribution >= 0.6 is 0 Å². The van der Waals surface area contributed by atoms with Gasteiger partial charge in [-0.2, -0.15) is 0 Å². The molecule has 0 saturated heterocycles. The number of ether oxygens (including phenoxy) is 2. The first-order valence-corrected chi connectivity index (χ1v) is 7.06. The molecule has 0 amide bonds. The van der Waals surface area contributed by atoms with Gasteiger partial charge in [0.05, 0.1) is 14.2 Å². The number of Topliss-reactive ketones (excluding diaryl/α,β-unsaturated/α-hetero) is 1. The molecule has 5 heteroatoms. The molecule has 0 spiro atoms. The molecule has 2 rings (SSSR count). The Hall–Kier alpha value is -2.30. The highest BCUT2D eigenvalue weighted by atomic mass is 16.5. The second-order valence-electron chi connectivity index (χ2n) is 5.48. The predicted molar refractivity (Wildman–Crippen MR) is 80.9 cm³/mol. The Kier molecular flexibility index (Phi) is 4.54. The molecule has 1 aliphatic carbocycles. The lowest BCUT2D eigenvalue weighted by molar-refractivity contribution is -0.136. The minimum Gasteiger partial charge on any atom is -0.504 e. The van der Waals surface area contributed by atoms with Gasteiger partial charge >= 0.3 is 5.97 Å². The zero-order valence-corrected chi connectivity index (χ0v) is 13.2. The van der Waals surface area contributed by atoms with E-state index >= 15 is 0 Å². The van der Waals surface area contributed by atoms with E-state index in [1.807, 2.05) is 6.92 Å². The number of carbonyl (C=O) groups excluding carboxylic acids is 2. The number of phenolic OH excluding ortho intramolecular Hbond substituents is 1. The van der Waals surface area contributed by atoms with Crippen LogP contribution in [0.4, 0.5) is 0 Å². The Bertz CT molecular complexity index is 644. The number of aromatic hydroxyl groups is 1. The molecule has 0 bridgehead atoms. The molecule has 5 nitrogen and oxygen atoms in total. The van der Waals surface area contributed by atoms with Crippen molar-refractivity contribution < 1.29 is 24.2 Å². The first kappa shape index (κ1) is 16.1. The zero-order valence-electron chi connectivity index (χ0n) is 13.2. The molecule has 1 aromatic rings. The van der Waals surface area contributed by atoms with Crippen LogP contribution in [0.5, 0.6) is 11.5 Å². The van der Waals surface area contributed by atoms with Crippen molar-refractivity contribution in [3.63, 3.8) is 0 Å². The highest BCUT2D eigenvalue weighted by Crippen LogP contribution is 2.49. The van der Waals surface area contributed by atoms with Crippen molar-refractivity contribution in [2.45, 2.75) is 26.2 Å². The minimum absolute atomic E-state index is 0.0227. The van der Waals surface area contributed by atoms with Crippen LogP contribution in [-0.4, -0.2) is 31.1 Å². The lowest BCUT2D eigenvalue weighted by Crippen LogP contribution is -2.21. The van der Waals surface area contributed by atoms with Gasteiger partial charge in [0.25, 0.3) is 0 Å². The average molecular weight is 304 g/mol. The van der Waals surface area contributed by atoms with Gasteiger partial charge in [-0.1, -0.05) is 17.7 Å². The van der Waals surface area contributed by atoms with Crippen LogP contribution in [0.25, 0.3) is 0 Å². The standard InChI is InChI=1S/C17H20O5/c1-9-8-12(10(2)18)15(14(9)17(20)22-4)11-6-5-7-13(21-3)16(11)19/h5-7,12,15,19H,8H2,1-4H3/t12-,15-/m1/s1. The van der Waals surface area contributed by atoms with Crippen molar-refractivity contribution in [3.8, 4) is 11.5 Å². The van der Waals surface area contributed by atoms with Crippen LogP contribution in [0.15, 0.2) is 29.3 Å². The Labute approximate surface area is 129 Å². The average Bonchev–Trinajstić information content (AvgIpc) is 2.84. The van der Waals surface area contributed by atoms with Crippen LogP contribution in [0.1, 0.15) is 31.7 Å². The Morgan fingerprint density at radius 1 is 1.27 bits per heavy atom. The molecule has 0 heterocycles. The van der Waals surface area contributed by atoms with E-state index in [0.717, 1.165) is 5.57 Å². The van der Waals surface area contributed by atoms with Crippen LogP contribution < -0.4 is 4.74 Å². The van der Waals surface area contributed by atoms with Gasteiger partial charge in [0.2, 0.25) is 0 Å². The molecule has 0 radical (unpaired) electrons. The third kappa shape index (κ3) is 2.58. The first-order chi connectivity index (χ1) is 10.4. The molecular weight excluding hydrogens is 284 g/mol. The fourth-order valence-corrected chi connectivity index (χ4v) is 3.14. The number of methoxy groups -OCH3 is 2. The summed E-state index contributed by atoms with van der Waals surface area (Å²) in [5, 5.41) is 10.4. The molecule has 118 valence electrons. The van der Waals surface area contributed by atoms with E-state index < -0.39 is 11.9 Å². The largest absolute Gasteiger partial charge is 0.504 e. The lowest BCUT2D eigenvalue weighted by atomic mass is 9.82. The summed E-state index contributed by atoms with van der Waals surface area (Å²) in [6.07, 6.45) is 0.487. The predicted octanol–water partition coefficient (Wildman–Crippen LogP) is 2.58. The second-order valence-corrected chi connectivity index (χ2v) is 5.48. The molecular formula is C17H20O5. The number of phenols is 1. The molecule has 1 N–H and O–H groups in total. The maximum Gasteiger partial charge on any atom is 0.334 e. The Morgan fingerprint density at radius 3 is 2.50 bits per heavy atom. The molecule has 1 aromatic carbocycles. The van der Waals surface area contributed by atoms with Gasteiger partial charge in [0, 0.05) is 23.0 Å². The number of rotatable bonds is 4. The molecule has 0 saturated carbocycles. The number of allylic oxidation sites excluding steroid dienone is 1. The molecule has 0 aliphatic heterocycles. The van der Waals surface area contributed by atoms with Crippen molar-refractivity contribution >= 4 is 11.8 Å². The van der Waals surface area contributed by atoms with Crippen LogP contribution in [0.2, 0.25) is 0 Å². The van der Waals surface area contributed by atoms with E-state index in [9.17, 15) is 14.7 Å². The van der Waals surface area contributed by atoms with E-state index in [2.05, 4.69) is 0 Å². The number of hydrogen-bond donors (Lipinski definition) is 1. The van der Waals surface area contributed by atoms with Crippen LogP contribution in [0, 0.1) is 5.92 Å². The summed E-state index contributed by atoms with van der Waals surface area (Å²) in [5.41, 5.74) is 1.78. The summed E-state index contributed by atoms with van der Waals surface area (Å²) in [6, 6.07) is 5.07. The SMILES string of the molecule is COC(=O)C1=C(C)C[C@H](C(C)=O)[C@H]1c1cccc(OC)c1O. The second kappa shape index (κ2) is 6.22. The molecule has 2 atom stereocenters. The van der Waals surface area contributed by atoms with E-state index in [0.29, 0.717) is 23.3 Å². The van der Waals surface area contributed by atoms with Gasteiger partial charge < -0.3 is 14.6 Å². The number of hydrogen-bond acceptors (Lipinski definition) is 5. The van der Waals surface area contributed by atoms with Crippen LogP contribution in [0.3, 0.4) is 0 Å². The number of carbonyl (C=O) groups is 2. The number of para-hydroxylation sites is 1. The van der Waals surface area contributed by atoms with Gasteiger partial charge in [-0.25, -0.2) is 4.79 Å². The highest BCUT2D eigenvalue weighted by molar-refractivity contribution is 5.95. The van der Waals surface area contributed by atoms with E-state index in [4.69, 9.17) is 9.47 Å². The number of benzene rings is 1. The summed E-state index contributed by atoms with van der Waals surface area (Å²) >= 11 is 0. The topological polar surface area (TPSA) is 72.8 Å².